The molecular weight excluding hydrogens is 310 g/mol. The Morgan fingerprint density at radius 3 is 2.82 bits per heavy atom. The van der Waals surface area contributed by atoms with Gasteiger partial charge in [0.25, 0.3) is 11.5 Å². The average molecular weight is 324 g/mol. The van der Waals surface area contributed by atoms with Crippen LogP contribution in [0.3, 0.4) is 0 Å². The van der Waals surface area contributed by atoms with Crippen LogP contribution < -0.4 is 14.8 Å². The molecule has 0 unspecified atom stereocenters. The number of halogens is 1. The Morgan fingerprint density at radius 1 is 1.32 bits per heavy atom. The zero-order valence-corrected chi connectivity index (χ0v) is 12.3. The predicted octanol–water partition coefficient (Wildman–Crippen LogP) is 2.76. The first kappa shape index (κ1) is 15.8. The Bertz CT molecular complexity index is 666. The minimum absolute atomic E-state index is 0.131. The van der Waals surface area contributed by atoms with E-state index >= 15 is 0 Å². The predicted molar refractivity (Wildman–Crippen MR) is 82.1 cm³/mol. The van der Waals surface area contributed by atoms with E-state index in [0.29, 0.717) is 35.1 Å². The van der Waals surface area contributed by atoms with Gasteiger partial charge in [0.2, 0.25) is 0 Å². The molecule has 0 atom stereocenters. The fraction of sp³-hybridized carbons (Fsp3) is 0.214. The van der Waals surface area contributed by atoms with E-state index in [-0.39, 0.29) is 11.5 Å². The Balaban J connectivity index is 1.81. The number of pyridine rings is 1. The van der Waals surface area contributed by atoms with Crippen LogP contribution in [0.2, 0.25) is 5.02 Å². The zero-order valence-electron chi connectivity index (χ0n) is 11.6. The van der Waals surface area contributed by atoms with Gasteiger partial charge in [0.1, 0.15) is 18.0 Å². The summed E-state index contributed by atoms with van der Waals surface area (Å²) in [7, 11) is 0. The van der Waals surface area contributed by atoms with E-state index < -0.39 is 4.92 Å². The van der Waals surface area contributed by atoms with Gasteiger partial charge >= 0.3 is 0 Å². The number of rotatable bonds is 7. The number of ether oxygens (including phenoxy) is 1. The van der Waals surface area contributed by atoms with Crippen molar-refractivity contribution < 1.29 is 14.4 Å². The molecule has 0 spiro atoms. The molecule has 0 radical (unpaired) electrons. The largest absolute Gasteiger partial charge is 0.711 e. The third-order valence-corrected chi connectivity index (χ3v) is 3.15. The van der Waals surface area contributed by atoms with Crippen molar-refractivity contribution in [3.8, 4) is 5.75 Å². The normalized spacial score (nSPS) is 10.2. The molecule has 0 aliphatic heterocycles. The van der Waals surface area contributed by atoms with Gasteiger partial charge in [-0.1, -0.05) is 23.7 Å². The molecule has 7 nitrogen and oxygen atoms in total. The van der Waals surface area contributed by atoms with Gasteiger partial charge in [0.05, 0.1) is 29.2 Å². The summed E-state index contributed by atoms with van der Waals surface area (Å²) in [6.07, 6.45) is 1.70. The smallest absolute Gasteiger partial charge is 0.284 e. The molecule has 0 fully saturated rings. The van der Waals surface area contributed by atoms with Crippen LogP contribution in [0.15, 0.2) is 42.6 Å². The van der Waals surface area contributed by atoms with Gasteiger partial charge in [0, 0.05) is 6.42 Å². The average Bonchev–Trinajstić information content (AvgIpc) is 2.50. The minimum atomic E-state index is -0.550. The standard InChI is InChI=1S/C14H14ClN3O4/c15-12-4-1-2-5-13(12)22-9-3-7-16-14-10-11(18(20)21)6-8-17(14)19/h1-2,4-6,8,10,16H,3,7,9H2. The number of nitrogens with one attached hydrogen (secondary N) is 1. The first-order chi connectivity index (χ1) is 10.6. The zero-order chi connectivity index (χ0) is 15.9. The van der Waals surface area contributed by atoms with Gasteiger partial charge < -0.3 is 9.94 Å². The second-order valence-electron chi connectivity index (χ2n) is 4.41. The van der Waals surface area contributed by atoms with E-state index in [1.54, 1.807) is 12.1 Å². The molecule has 2 aromatic rings. The molecule has 1 heterocycles. The van der Waals surface area contributed by atoms with Gasteiger partial charge in [-0.15, -0.1) is 0 Å². The van der Waals surface area contributed by atoms with Crippen molar-refractivity contribution in [3.05, 3.63) is 62.9 Å². The van der Waals surface area contributed by atoms with Crippen LogP contribution in [0.4, 0.5) is 11.5 Å². The van der Waals surface area contributed by atoms with Gasteiger partial charge in [-0.3, -0.25) is 15.4 Å². The summed E-state index contributed by atoms with van der Waals surface area (Å²) in [6, 6.07) is 9.48. The van der Waals surface area contributed by atoms with Crippen molar-refractivity contribution in [2.75, 3.05) is 18.5 Å². The number of benzene rings is 1. The summed E-state index contributed by atoms with van der Waals surface area (Å²) in [5, 5.41) is 25.5. The molecule has 2 rings (SSSR count). The Hall–Kier alpha value is -2.54. The minimum Gasteiger partial charge on any atom is -0.711 e. The summed E-state index contributed by atoms with van der Waals surface area (Å²) < 4.78 is 6.05. The van der Waals surface area contributed by atoms with E-state index in [0.717, 1.165) is 12.3 Å². The molecule has 0 aliphatic carbocycles. The summed E-state index contributed by atoms with van der Waals surface area (Å²) in [6.45, 7) is 0.846. The van der Waals surface area contributed by atoms with Crippen LogP contribution in [0, 0.1) is 15.3 Å². The van der Waals surface area contributed by atoms with Gasteiger partial charge in [-0.25, -0.2) is 4.73 Å². The molecule has 0 aliphatic rings. The first-order valence-corrected chi connectivity index (χ1v) is 6.94. The molecule has 0 amide bonds. The van der Waals surface area contributed by atoms with Crippen molar-refractivity contribution in [2.45, 2.75) is 6.42 Å². The van der Waals surface area contributed by atoms with Crippen molar-refractivity contribution in [3.63, 3.8) is 0 Å². The second-order valence-corrected chi connectivity index (χ2v) is 4.82. The number of hydrogen-bond donors (Lipinski definition) is 1. The number of para-hydroxylation sites is 1. The molecule has 22 heavy (non-hydrogen) atoms. The Kier molecular flexibility index (Phi) is 5.37. The number of nitro groups is 1. The highest BCUT2D eigenvalue weighted by Crippen LogP contribution is 2.23. The monoisotopic (exact) mass is 323 g/mol. The molecule has 116 valence electrons. The van der Waals surface area contributed by atoms with Crippen molar-refractivity contribution in [1.29, 1.82) is 0 Å². The number of anilines is 1. The van der Waals surface area contributed by atoms with Gasteiger partial charge in [-0.2, -0.15) is 0 Å². The van der Waals surface area contributed by atoms with Crippen LogP contribution in [-0.2, 0) is 0 Å². The number of nitrogens with zero attached hydrogens (tertiary/aromatic N) is 2. The van der Waals surface area contributed by atoms with E-state index in [1.165, 1.54) is 6.07 Å². The molecule has 0 saturated heterocycles. The molecular formula is C14H14ClN3O4. The maximum atomic E-state index is 11.5. The maximum Gasteiger partial charge on any atom is 0.284 e. The lowest BCUT2D eigenvalue weighted by molar-refractivity contribution is -0.591. The van der Waals surface area contributed by atoms with Crippen LogP contribution in [-0.4, -0.2) is 18.1 Å². The fourth-order valence-corrected chi connectivity index (χ4v) is 1.94. The van der Waals surface area contributed by atoms with Gasteiger partial charge in [-0.05, 0) is 12.1 Å². The highest BCUT2D eigenvalue weighted by atomic mass is 35.5. The maximum absolute atomic E-state index is 11.5. The lowest BCUT2D eigenvalue weighted by Crippen LogP contribution is -2.30. The highest BCUT2D eigenvalue weighted by Gasteiger charge is 2.12. The molecule has 1 N–H and O–H groups in total. The van der Waals surface area contributed by atoms with Crippen LogP contribution in [0.5, 0.6) is 5.75 Å². The van der Waals surface area contributed by atoms with Crippen LogP contribution >= 0.6 is 11.6 Å². The molecule has 0 bridgehead atoms. The van der Waals surface area contributed by atoms with E-state index in [9.17, 15) is 15.3 Å². The van der Waals surface area contributed by atoms with Crippen LogP contribution in [0.25, 0.3) is 0 Å². The highest BCUT2D eigenvalue weighted by molar-refractivity contribution is 6.32. The molecule has 1 aromatic heterocycles. The number of aromatic nitrogens is 1. The van der Waals surface area contributed by atoms with Gasteiger partial charge in [0.15, 0.2) is 0 Å². The SMILES string of the molecule is O=[N+]([O-])c1cc[n+]([O-])c(NCCCOc2ccccc2Cl)c1. The first-order valence-electron chi connectivity index (χ1n) is 6.57. The lowest BCUT2D eigenvalue weighted by Gasteiger charge is -2.09. The summed E-state index contributed by atoms with van der Waals surface area (Å²) >= 11 is 5.95. The Morgan fingerprint density at radius 2 is 2.09 bits per heavy atom. The van der Waals surface area contributed by atoms with Crippen molar-refractivity contribution in [1.82, 2.24) is 0 Å². The number of hydrogen-bond acceptors (Lipinski definition) is 5. The van der Waals surface area contributed by atoms with Crippen LogP contribution in [0.1, 0.15) is 6.42 Å². The lowest BCUT2D eigenvalue weighted by atomic mass is 10.3. The summed E-state index contributed by atoms with van der Waals surface area (Å²) in [5.41, 5.74) is -0.137. The Labute approximate surface area is 131 Å². The quantitative estimate of drug-likeness (QED) is 0.278. The summed E-state index contributed by atoms with van der Waals surface area (Å²) in [4.78, 5) is 10.1. The van der Waals surface area contributed by atoms with E-state index in [1.807, 2.05) is 12.1 Å². The van der Waals surface area contributed by atoms with Crippen molar-refractivity contribution >= 4 is 23.1 Å². The van der Waals surface area contributed by atoms with Crippen molar-refractivity contribution in [2.24, 2.45) is 0 Å². The van der Waals surface area contributed by atoms with E-state index in [4.69, 9.17) is 16.3 Å². The second kappa shape index (κ2) is 7.46. The fourth-order valence-electron chi connectivity index (χ4n) is 1.75. The molecule has 0 saturated carbocycles. The topological polar surface area (TPSA) is 91.3 Å². The summed E-state index contributed by atoms with van der Waals surface area (Å²) in [5.74, 6) is 0.727. The van der Waals surface area contributed by atoms with E-state index in [2.05, 4.69) is 5.32 Å². The molecule has 1 aromatic carbocycles. The third kappa shape index (κ3) is 4.23. The third-order valence-electron chi connectivity index (χ3n) is 2.83. The molecule has 8 heteroatoms.